The van der Waals surface area contributed by atoms with E-state index in [1.165, 1.54) is 16.7 Å². The summed E-state index contributed by atoms with van der Waals surface area (Å²) in [6.45, 7) is 0. The molecule has 0 N–H and O–H groups in total. The molecule has 0 aliphatic carbocycles. The highest BCUT2D eigenvalue weighted by atomic mass is 35.5. The Labute approximate surface area is 184 Å². The van der Waals surface area contributed by atoms with Crippen molar-refractivity contribution in [2.24, 2.45) is 0 Å². The Morgan fingerprint density at radius 1 is 0.966 bits per heavy atom. The van der Waals surface area contributed by atoms with E-state index in [9.17, 15) is 4.79 Å². The van der Waals surface area contributed by atoms with Gasteiger partial charge in [0.15, 0.2) is 4.32 Å². The lowest BCUT2D eigenvalue weighted by Gasteiger charge is -2.19. The summed E-state index contributed by atoms with van der Waals surface area (Å²) in [5.74, 6) is -0.132. The predicted octanol–water partition coefficient (Wildman–Crippen LogP) is 6.51. The van der Waals surface area contributed by atoms with Crippen molar-refractivity contribution < 1.29 is 4.79 Å². The van der Waals surface area contributed by atoms with Crippen LogP contribution in [0.2, 0.25) is 5.02 Å². The zero-order valence-corrected chi connectivity index (χ0v) is 18.0. The van der Waals surface area contributed by atoms with E-state index >= 15 is 0 Å². The number of carbonyl (C=O) groups is 1. The van der Waals surface area contributed by atoms with Gasteiger partial charge in [0.05, 0.1) is 10.6 Å². The normalized spacial score (nSPS) is 15.2. The molecule has 0 bridgehead atoms. The largest absolute Gasteiger partial charge is 0.345 e. The second-order valence-electron chi connectivity index (χ2n) is 6.48. The first-order chi connectivity index (χ1) is 14.0. The lowest BCUT2D eigenvalue weighted by Crippen LogP contribution is -2.27. The fourth-order valence-electron chi connectivity index (χ4n) is 3.05. The van der Waals surface area contributed by atoms with E-state index < -0.39 is 0 Å². The second-order valence-corrected chi connectivity index (χ2v) is 8.60. The minimum atomic E-state index is -0.132. The molecule has 1 aliphatic heterocycles. The van der Waals surface area contributed by atoms with E-state index in [1.807, 2.05) is 67.7 Å². The van der Waals surface area contributed by atoms with E-state index in [4.69, 9.17) is 23.8 Å². The number of para-hydroxylation sites is 1. The molecule has 4 rings (SSSR count). The highest BCUT2D eigenvalue weighted by Gasteiger charge is 2.33. The zero-order chi connectivity index (χ0) is 20.4. The maximum atomic E-state index is 12.9. The Morgan fingerprint density at radius 3 is 2.34 bits per heavy atom. The van der Waals surface area contributed by atoms with Crippen LogP contribution in [0.4, 0.5) is 17.1 Å². The number of carbonyl (C=O) groups excluding carboxylic acids is 1. The molecule has 0 unspecified atom stereocenters. The highest BCUT2D eigenvalue weighted by Crippen LogP contribution is 2.37. The molecule has 0 atom stereocenters. The summed E-state index contributed by atoms with van der Waals surface area (Å²) in [7, 11) is 2.03. The van der Waals surface area contributed by atoms with Crippen molar-refractivity contribution in [2.45, 2.75) is 0 Å². The van der Waals surface area contributed by atoms with Crippen LogP contribution in [0.5, 0.6) is 0 Å². The number of nitrogens with zero attached hydrogens (tertiary/aromatic N) is 2. The molecule has 0 saturated carbocycles. The second kappa shape index (κ2) is 8.41. The van der Waals surface area contributed by atoms with Crippen LogP contribution in [0.15, 0.2) is 83.8 Å². The number of halogens is 1. The molecule has 0 radical (unpaired) electrons. The van der Waals surface area contributed by atoms with Crippen molar-refractivity contribution in [3.05, 3.63) is 94.4 Å². The average molecular weight is 437 g/mol. The van der Waals surface area contributed by atoms with Crippen LogP contribution >= 0.6 is 35.6 Å². The molecule has 29 heavy (non-hydrogen) atoms. The molecule has 1 fully saturated rings. The molecule has 1 amide bonds. The van der Waals surface area contributed by atoms with Gasteiger partial charge in [0.2, 0.25) is 0 Å². The highest BCUT2D eigenvalue weighted by molar-refractivity contribution is 8.27. The fraction of sp³-hybridized carbons (Fsp3) is 0.0435. The van der Waals surface area contributed by atoms with E-state index in [-0.39, 0.29) is 5.91 Å². The summed E-state index contributed by atoms with van der Waals surface area (Å²) in [4.78, 5) is 17.1. The third-order valence-electron chi connectivity index (χ3n) is 4.58. The van der Waals surface area contributed by atoms with E-state index in [0.29, 0.717) is 19.9 Å². The van der Waals surface area contributed by atoms with Crippen LogP contribution in [0, 0.1) is 0 Å². The van der Waals surface area contributed by atoms with Gasteiger partial charge in [-0.15, -0.1) is 0 Å². The number of benzene rings is 3. The maximum absolute atomic E-state index is 12.9. The molecule has 3 aromatic rings. The van der Waals surface area contributed by atoms with Crippen molar-refractivity contribution in [1.29, 1.82) is 0 Å². The van der Waals surface area contributed by atoms with Crippen molar-refractivity contribution in [3.8, 4) is 0 Å². The van der Waals surface area contributed by atoms with Gasteiger partial charge in [0, 0.05) is 23.4 Å². The SMILES string of the molecule is CN(c1ccccc1)c1ccc(C=C2SC(=S)N(c3cccc(Cl)c3)C2=O)cc1. The number of hydrogen-bond donors (Lipinski definition) is 0. The van der Waals surface area contributed by atoms with Crippen LogP contribution in [-0.2, 0) is 4.79 Å². The van der Waals surface area contributed by atoms with Crippen LogP contribution in [0.25, 0.3) is 6.08 Å². The summed E-state index contributed by atoms with van der Waals surface area (Å²) in [5, 5.41) is 0.568. The summed E-state index contributed by atoms with van der Waals surface area (Å²) in [5.41, 5.74) is 3.81. The number of thioether (sulfide) groups is 1. The molecule has 0 aromatic heterocycles. The third-order valence-corrected chi connectivity index (χ3v) is 6.12. The Bertz CT molecular complexity index is 1100. The Balaban J connectivity index is 1.55. The van der Waals surface area contributed by atoms with Crippen molar-refractivity contribution in [1.82, 2.24) is 0 Å². The van der Waals surface area contributed by atoms with Gasteiger partial charge in [-0.2, -0.15) is 0 Å². The summed E-state index contributed by atoms with van der Waals surface area (Å²) < 4.78 is 0.504. The zero-order valence-electron chi connectivity index (χ0n) is 15.6. The van der Waals surface area contributed by atoms with Crippen LogP contribution in [0.1, 0.15) is 5.56 Å². The van der Waals surface area contributed by atoms with Gasteiger partial charge >= 0.3 is 0 Å². The lowest BCUT2D eigenvalue weighted by molar-refractivity contribution is -0.113. The molecule has 3 aromatic carbocycles. The molecule has 6 heteroatoms. The number of anilines is 3. The van der Waals surface area contributed by atoms with Gasteiger partial charge in [-0.25, -0.2) is 0 Å². The molecule has 3 nitrogen and oxygen atoms in total. The van der Waals surface area contributed by atoms with Gasteiger partial charge < -0.3 is 4.90 Å². The van der Waals surface area contributed by atoms with Crippen molar-refractivity contribution >= 4 is 68.9 Å². The smallest absolute Gasteiger partial charge is 0.270 e. The van der Waals surface area contributed by atoms with Gasteiger partial charge in [0.1, 0.15) is 0 Å². The predicted molar refractivity (Wildman–Crippen MR) is 128 cm³/mol. The average Bonchev–Trinajstić information content (AvgIpc) is 3.01. The standard InChI is InChI=1S/C23H17ClN2OS2/c1-25(18-7-3-2-4-8-18)19-12-10-16(11-13-19)14-21-22(27)26(23(28)29-21)20-9-5-6-17(24)15-20/h2-15H,1H3. The fourth-order valence-corrected chi connectivity index (χ4v) is 4.54. The Kier molecular flexibility index (Phi) is 5.72. The number of hydrogen-bond acceptors (Lipinski definition) is 4. The molecule has 0 spiro atoms. The summed E-state index contributed by atoms with van der Waals surface area (Å²) >= 11 is 12.8. The molecule has 1 aliphatic rings. The minimum Gasteiger partial charge on any atom is -0.345 e. The molecular weight excluding hydrogens is 420 g/mol. The van der Waals surface area contributed by atoms with E-state index in [1.54, 1.807) is 12.1 Å². The van der Waals surface area contributed by atoms with Gasteiger partial charge in [-0.1, -0.05) is 72.0 Å². The quantitative estimate of drug-likeness (QED) is 0.343. The summed E-state index contributed by atoms with van der Waals surface area (Å²) in [6, 6.07) is 25.4. The minimum absolute atomic E-state index is 0.132. The number of amides is 1. The van der Waals surface area contributed by atoms with Crippen molar-refractivity contribution in [3.63, 3.8) is 0 Å². The first-order valence-electron chi connectivity index (χ1n) is 8.95. The number of thiocarbonyl (C=S) groups is 1. The Hall–Kier alpha value is -2.60. The molecule has 1 heterocycles. The van der Waals surface area contributed by atoms with Gasteiger partial charge in [-0.3, -0.25) is 9.69 Å². The van der Waals surface area contributed by atoms with E-state index in [0.717, 1.165) is 16.9 Å². The summed E-state index contributed by atoms with van der Waals surface area (Å²) in [6.07, 6.45) is 1.87. The van der Waals surface area contributed by atoms with Gasteiger partial charge in [0.25, 0.3) is 5.91 Å². The van der Waals surface area contributed by atoms with Gasteiger partial charge in [-0.05, 0) is 54.1 Å². The molecule has 144 valence electrons. The third kappa shape index (κ3) is 4.22. The lowest BCUT2D eigenvalue weighted by atomic mass is 10.1. The maximum Gasteiger partial charge on any atom is 0.270 e. The topological polar surface area (TPSA) is 23.6 Å². The molecule has 1 saturated heterocycles. The van der Waals surface area contributed by atoms with Crippen LogP contribution in [0.3, 0.4) is 0 Å². The molecular formula is C23H17ClN2OS2. The Morgan fingerprint density at radius 2 is 1.66 bits per heavy atom. The first kappa shape index (κ1) is 19.7. The first-order valence-corrected chi connectivity index (χ1v) is 10.6. The van der Waals surface area contributed by atoms with Crippen LogP contribution < -0.4 is 9.80 Å². The number of rotatable bonds is 4. The van der Waals surface area contributed by atoms with E-state index in [2.05, 4.69) is 17.0 Å². The monoisotopic (exact) mass is 436 g/mol. The van der Waals surface area contributed by atoms with Crippen molar-refractivity contribution in [2.75, 3.05) is 16.8 Å². The van der Waals surface area contributed by atoms with Crippen LogP contribution in [-0.4, -0.2) is 17.3 Å².